The largest absolute Gasteiger partial charge is 0.316 e. The highest BCUT2D eigenvalue weighted by molar-refractivity contribution is 5.82. The van der Waals surface area contributed by atoms with Gasteiger partial charge in [0.1, 0.15) is 5.78 Å². The topological polar surface area (TPSA) is 32.3 Å². The first-order valence-electron chi connectivity index (χ1n) is 5.19. The van der Waals surface area contributed by atoms with E-state index in [1.54, 1.807) is 0 Å². The third-order valence-corrected chi connectivity index (χ3v) is 3.32. The fourth-order valence-electron chi connectivity index (χ4n) is 2.50. The normalized spacial score (nSPS) is 36.8. The van der Waals surface area contributed by atoms with Gasteiger partial charge >= 0.3 is 0 Å². The third-order valence-electron chi connectivity index (χ3n) is 3.32. The first kappa shape index (κ1) is 9.16. The molecular formula is C10H18N2O. The summed E-state index contributed by atoms with van der Waals surface area (Å²) in [4.78, 5) is 14.0. The molecule has 74 valence electrons. The Morgan fingerprint density at radius 2 is 2.38 bits per heavy atom. The van der Waals surface area contributed by atoms with E-state index in [2.05, 4.69) is 17.3 Å². The Morgan fingerprint density at radius 3 is 3.00 bits per heavy atom. The van der Waals surface area contributed by atoms with Gasteiger partial charge in [-0.15, -0.1) is 0 Å². The molecule has 0 saturated carbocycles. The van der Waals surface area contributed by atoms with Gasteiger partial charge in [-0.1, -0.05) is 0 Å². The molecule has 2 unspecified atom stereocenters. The van der Waals surface area contributed by atoms with Crippen molar-refractivity contribution >= 4 is 5.78 Å². The molecule has 0 aromatic carbocycles. The second kappa shape index (κ2) is 3.76. The molecular weight excluding hydrogens is 164 g/mol. The molecule has 2 saturated heterocycles. The summed E-state index contributed by atoms with van der Waals surface area (Å²) in [7, 11) is 2.14. The number of piperidine rings is 1. The molecule has 2 aliphatic heterocycles. The highest BCUT2D eigenvalue weighted by atomic mass is 16.1. The van der Waals surface area contributed by atoms with Crippen LogP contribution in [0.5, 0.6) is 0 Å². The number of rotatable bonds is 1. The molecule has 2 rings (SSSR count). The lowest BCUT2D eigenvalue weighted by molar-refractivity contribution is -0.125. The Hall–Kier alpha value is -0.410. The Kier molecular flexibility index (Phi) is 2.65. The predicted octanol–water partition coefficient (Wildman–Crippen LogP) is 0.117. The summed E-state index contributed by atoms with van der Waals surface area (Å²) in [5.74, 6) is 1.41. The maximum Gasteiger partial charge on any atom is 0.138 e. The van der Waals surface area contributed by atoms with E-state index < -0.39 is 0 Å². The zero-order valence-corrected chi connectivity index (χ0v) is 8.25. The van der Waals surface area contributed by atoms with Crippen LogP contribution in [-0.4, -0.2) is 43.9 Å². The van der Waals surface area contributed by atoms with Gasteiger partial charge in [-0.2, -0.15) is 0 Å². The SMILES string of the molecule is CN1CCC(C2CNCCC2=O)C1. The van der Waals surface area contributed by atoms with Crippen LogP contribution in [0.3, 0.4) is 0 Å². The third kappa shape index (κ3) is 1.92. The van der Waals surface area contributed by atoms with Crippen molar-refractivity contribution in [2.75, 3.05) is 33.2 Å². The Bertz CT molecular complexity index is 205. The van der Waals surface area contributed by atoms with Gasteiger partial charge in [0.2, 0.25) is 0 Å². The van der Waals surface area contributed by atoms with Crippen LogP contribution in [0.4, 0.5) is 0 Å². The number of nitrogens with one attached hydrogen (secondary N) is 1. The van der Waals surface area contributed by atoms with E-state index in [0.29, 0.717) is 17.6 Å². The molecule has 0 radical (unpaired) electrons. The fourth-order valence-corrected chi connectivity index (χ4v) is 2.50. The Morgan fingerprint density at radius 1 is 1.54 bits per heavy atom. The summed E-state index contributed by atoms with van der Waals surface area (Å²) in [5, 5.41) is 3.32. The van der Waals surface area contributed by atoms with Crippen molar-refractivity contribution in [3.8, 4) is 0 Å². The van der Waals surface area contributed by atoms with Crippen LogP contribution in [0.25, 0.3) is 0 Å². The minimum absolute atomic E-state index is 0.304. The van der Waals surface area contributed by atoms with Crippen molar-refractivity contribution in [2.24, 2.45) is 11.8 Å². The van der Waals surface area contributed by atoms with E-state index in [9.17, 15) is 4.79 Å². The first-order valence-corrected chi connectivity index (χ1v) is 5.19. The number of hydrogen-bond donors (Lipinski definition) is 1. The van der Waals surface area contributed by atoms with Crippen molar-refractivity contribution in [3.63, 3.8) is 0 Å². The first-order chi connectivity index (χ1) is 6.27. The summed E-state index contributed by atoms with van der Waals surface area (Å²) in [6, 6.07) is 0. The van der Waals surface area contributed by atoms with E-state index >= 15 is 0 Å². The van der Waals surface area contributed by atoms with Crippen molar-refractivity contribution in [3.05, 3.63) is 0 Å². The van der Waals surface area contributed by atoms with Crippen LogP contribution in [-0.2, 0) is 4.79 Å². The second-order valence-corrected chi connectivity index (χ2v) is 4.34. The van der Waals surface area contributed by atoms with Crippen molar-refractivity contribution in [1.29, 1.82) is 0 Å². The van der Waals surface area contributed by atoms with E-state index in [1.807, 2.05) is 0 Å². The van der Waals surface area contributed by atoms with Crippen molar-refractivity contribution < 1.29 is 4.79 Å². The minimum atomic E-state index is 0.304. The summed E-state index contributed by atoms with van der Waals surface area (Å²) < 4.78 is 0. The van der Waals surface area contributed by atoms with Gasteiger partial charge in [-0.05, 0) is 25.9 Å². The van der Waals surface area contributed by atoms with Gasteiger partial charge in [0.05, 0.1) is 0 Å². The summed E-state index contributed by atoms with van der Waals surface area (Å²) in [6.45, 7) is 4.07. The van der Waals surface area contributed by atoms with Gasteiger partial charge in [0, 0.05) is 32.0 Å². The average Bonchev–Trinajstić information content (AvgIpc) is 2.53. The molecule has 0 aromatic heterocycles. The highest BCUT2D eigenvalue weighted by Crippen LogP contribution is 2.25. The lowest BCUT2D eigenvalue weighted by Gasteiger charge is -2.26. The van der Waals surface area contributed by atoms with Crippen LogP contribution in [0.1, 0.15) is 12.8 Å². The van der Waals surface area contributed by atoms with Crippen LogP contribution in [0, 0.1) is 11.8 Å². The number of carbonyl (C=O) groups excluding carboxylic acids is 1. The molecule has 2 fully saturated rings. The van der Waals surface area contributed by atoms with Crippen LogP contribution in [0.2, 0.25) is 0 Å². The molecule has 3 nitrogen and oxygen atoms in total. The van der Waals surface area contributed by atoms with Crippen LogP contribution < -0.4 is 5.32 Å². The minimum Gasteiger partial charge on any atom is -0.316 e. The van der Waals surface area contributed by atoms with Gasteiger partial charge in [-0.25, -0.2) is 0 Å². The van der Waals surface area contributed by atoms with E-state index in [0.717, 1.165) is 32.6 Å². The summed E-state index contributed by atoms with van der Waals surface area (Å²) in [6.07, 6.45) is 1.94. The highest BCUT2D eigenvalue weighted by Gasteiger charge is 2.33. The summed E-state index contributed by atoms with van der Waals surface area (Å²) in [5.41, 5.74) is 0. The predicted molar refractivity (Wildman–Crippen MR) is 51.6 cm³/mol. The van der Waals surface area contributed by atoms with E-state index in [-0.39, 0.29) is 0 Å². The lowest BCUT2D eigenvalue weighted by Crippen LogP contribution is -2.41. The van der Waals surface area contributed by atoms with Crippen LogP contribution in [0.15, 0.2) is 0 Å². The zero-order chi connectivity index (χ0) is 9.26. The average molecular weight is 182 g/mol. The number of nitrogens with zero attached hydrogens (tertiary/aromatic N) is 1. The molecule has 0 bridgehead atoms. The summed E-state index contributed by atoms with van der Waals surface area (Å²) >= 11 is 0. The number of hydrogen-bond acceptors (Lipinski definition) is 3. The van der Waals surface area contributed by atoms with Crippen molar-refractivity contribution in [1.82, 2.24) is 10.2 Å². The molecule has 0 spiro atoms. The molecule has 2 atom stereocenters. The molecule has 2 aliphatic rings. The maximum absolute atomic E-state index is 11.6. The molecule has 13 heavy (non-hydrogen) atoms. The number of Topliss-reactive ketones (excluding diaryl/α,β-unsaturated/α-hetero) is 1. The number of carbonyl (C=O) groups is 1. The second-order valence-electron chi connectivity index (χ2n) is 4.34. The van der Waals surface area contributed by atoms with Gasteiger partial charge in [0.25, 0.3) is 0 Å². The fraction of sp³-hybridized carbons (Fsp3) is 0.900. The van der Waals surface area contributed by atoms with Crippen LogP contribution >= 0.6 is 0 Å². The van der Waals surface area contributed by atoms with Gasteiger partial charge < -0.3 is 10.2 Å². The van der Waals surface area contributed by atoms with Crippen molar-refractivity contribution in [2.45, 2.75) is 12.8 Å². The number of ketones is 1. The standard InChI is InChI=1S/C10H18N2O/c1-12-5-3-8(7-12)9-6-11-4-2-10(9)13/h8-9,11H,2-7H2,1H3. The monoisotopic (exact) mass is 182 g/mol. The molecule has 0 aromatic rings. The molecule has 0 amide bonds. The number of likely N-dealkylation sites (tertiary alicyclic amines) is 1. The smallest absolute Gasteiger partial charge is 0.138 e. The van der Waals surface area contributed by atoms with Gasteiger partial charge in [-0.3, -0.25) is 4.79 Å². The van der Waals surface area contributed by atoms with E-state index in [4.69, 9.17) is 0 Å². The molecule has 2 heterocycles. The Labute approximate surface area is 79.5 Å². The maximum atomic E-state index is 11.6. The zero-order valence-electron chi connectivity index (χ0n) is 8.25. The molecule has 0 aliphatic carbocycles. The van der Waals surface area contributed by atoms with Gasteiger partial charge in [0.15, 0.2) is 0 Å². The Balaban J connectivity index is 1.95. The molecule has 1 N–H and O–H groups in total. The quantitative estimate of drug-likeness (QED) is 0.625. The lowest BCUT2D eigenvalue weighted by atomic mass is 9.85. The van der Waals surface area contributed by atoms with E-state index in [1.165, 1.54) is 6.42 Å². The molecule has 3 heteroatoms.